The van der Waals surface area contributed by atoms with Gasteiger partial charge in [0.25, 0.3) is 0 Å². The van der Waals surface area contributed by atoms with Gasteiger partial charge in [0.2, 0.25) is 5.91 Å². The normalized spacial score (nSPS) is 17.2. The fourth-order valence-corrected chi connectivity index (χ4v) is 2.86. The molecule has 0 radical (unpaired) electrons. The van der Waals surface area contributed by atoms with Gasteiger partial charge in [0.05, 0.1) is 17.0 Å². The number of amides is 1. The number of piperidine rings is 1. The van der Waals surface area contributed by atoms with E-state index in [1.54, 1.807) is 17.0 Å². The zero-order valence-corrected chi connectivity index (χ0v) is 12.1. The van der Waals surface area contributed by atoms with Crippen LogP contribution in [0.15, 0.2) is 24.3 Å². The van der Waals surface area contributed by atoms with Gasteiger partial charge in [-0.3, -0.25) is 4.79 Å². The Hall–Kier alpha value is -1.86. The number of nitrogens with one attached hydrogen (secondary N) is 1. The Morgan fingerprint density at radius 1 is 1.35 bits per heavy atom. The summed E-state index contributed by atoms with van der Waals surface area (Å²) in [6.07, 6.45) is 2.65. The third kappa shape index (κ3) is 2.68. The molecule has 0 unspecified atom stereocenters. The predicted octanol–water partition coefficient (Wildman–Crippen LogP) is 2.30. The number of benzene rings is 1. The van der Waals surface area contributed by atoms with Crippen molar-refractivity contribution < 1.29 is 4.79 Å². The monoisotopic (exact) mass is 271 g/mol. The number of carbonyl (C=O) groups excluding carboxylic acids is 1. The van der Waals surface area contributed by atoms with Gasteiger partial charge in [-0.2, -0.15) is 5.26 Å². The van der Waals surface area contributed by atoms with Crippen molar-refractivity contribution in [3.05, 3.63) is 29.8 Å². The third-order valence-electron chi connectivity index (χ3n) is 4.38. The maximum Gasteiger partial charge on any atom is 0.233 e. The minimum atomic E-state index is -0.242. The molecule has 1 aliphatic rings. The Labute approximate surface area is 120 Å². The van der Waals surface area contributed by atoms with Gasteiger partial charge >= 0.3 is 0 Å². The van der Waals surface area contributed by atoms with Crippen molar-refractivity contribution in [2.24, 2.45) is 5.41 Å². The van der Waals surface area contributed by atoms with Crippen LogP contribution in [0.2, 0.25) is 0 Å². The van der Waals surface area contributed by atoms with Crippen LogP contribution in [0.1, 0.15) is 31.7 Å². The molecule has 1 fully saturated rings. The number of carbonyl (C=O) groups is 1. The van der Waals surface area contributed by atoms with Gasteiger partial charge in [-0.05, 0) is 56.6 Å². The van der Waals surface area contributed by atoms with Crippen molar-refractivity contribution in [2.45, 2.75) is 26.2 Å². The molecule has 0 bridgehead atoms. The lowest BCUT2D eigenvalue weighted by molar-refractivity contribution is -0.129. The van der Waals surface area contributed by atoms with Crippen LogP contribution in [0.4, 0.5) is 5.69 Å². The number of nitrogens with zero attached hydrogens (tertiary/aromatic N) is 2. The smallest absolute Gasteiger partial charge is 0.233 e. The van der Waals surface area contributed by atoms with E-state index >= 15 is 0 Å². The molecule has 1 aromatic carbocycles. The lowest BCUT2D eigenvalue weighted by Crippen LogP contribution is -2.48. The molecule has 0 spiro atoms. The first-order chi connectivity index (χ1) is 9.63. The highest BCUT2D eigenvalue weighted by Gasteiger charge is 2.39. The van der Waals surface area contributed by atoms with E-state index in [1.165, 1.54) is 0 Å². The summed E-state index contributed by atoms with van der Waals surface area (Å²) in [5.41, 5.74) is 1.22. The van der Waals surface area contributed by atoms with E-state index in [0.717, 1.165) is 38.0 Å². The SMILES string of the molecule is CCC1(C(=O)N(C)c2ccc(C#N)cc2)CCNCC1. The highest BCUT2D eigenvalue weighted by atomic mass is 16.2. The second kappa shape index (κ2) is 6.06. The molecule has 1 aliphatic heterocycles. The molecular formula is C16H21N3O. The molecule has 0 aromatic heterocycles. The summed E-state index contributed by atoms with van der Waals surface area (Å²) in [5, 5.41) is 12.1. The number of hydrogen-bond acceptors (Lipinski definition) is 3. The van der Waals surface area contributed by atoms with E-state index in [2.05, 4.69) is 18.3 Å². The largest absolute Gasteiger partial charge is 0.317 e. The number of nitriles is 1. The first-order valence-corrected chi connectivity index (χ1v) is 7.12. The molecule has 1 saturated heterocycles. The molecule has 1 amide bonds. The molecule has 2 rings (SSSR count). The molecule has 1 heterocycles. The highest BCUT2D eigenvalue weighted by Crippen LogP contribution is 2.35. The van der Waals surface area contributed by atoms with Gasteiger partial charge in [-0.1, -0.05) is 6.92 Å². The van der Waals surface area contributed by atoms with E-state index in [9.17, 15) is 4.79 Å². The van der Waals surface area contributed by atoms with Crippen LogP contribution in [-0.4, -0.2) is 26.0 Å². The summed E-state index contributed by atoms with van der Waals surface area (Å²) in [6.45, 7) is 3.90. The van der Waals surface area contributed by atoms with Crippen LogP contribution in [0.3, 0.4) is 0 Å². The van der Waals surface area contributed by atoms with Crippen molar-refractivity contribution in [3.8, 4) is 6.07 Å². The average molecular weight is 271 g/mol. The first-order valence-electron chi connectivity index (χ1n) is 7.12. The molecule has 1 aromatic rings. The summed E-state index contributed by atoms with van der Waals surface area (Å²) in [6, 6.07) is 9.26. The summed E-state index contributed by atoms with van der Waals surface area (Å²) < 4.78 is 0. The number of hydrogen-bond donors (Lipinski definition) is 1. The molecule has 1 N–H and O–H groups in total. The van der Waals surface area contributed by atoms with Crippen molar-refractivity contribution in [1.29, 1.82) is 5.26 Å². The second-order valence-corrected chi connectivity index (χ2v) is 5.41. The summed E-state index contributed by atoms with van der Waals surface area (Å²) >= 11 is 0. The fourth-order valence-electron chi connectivity index (χ4n) is 2.86. The van der Waals surface area contributed by atoms with E-state index in [-0.39, 0.29) is 11.3 Å². The standard InChI is InChI=1S/C16H21N3O/c1-3-16(8-10-18-11-9-16)15(20)19(2)14-6-4-13(12-17)5-7-14/h4-7,18H,3,8-11H2,1-2H3. The Morgan fingerprint density at radius 3 is 2.45 bits per heavy atom. The Balaban J connectivity index is 2.20. The van der Waals surface area contributed by atoms with Crippen LogP contribution in [0.5, 0.6) is 0 Å². The predicted molar refractivity (Wildman–Crippen MR) is 79.4 cm³/mol. The fraction of sp³-hybridized carbons (Fsp3) is 0.500. The molecule has 0 saturated carbocycles. The van der Waals surface area contributed by atoms with Crippen LogP contribution in [0.25, 0.3) is 0 Å². The van der Waals surface area contributed by atoms with Crippen molar-refractivity contribution >= 4 is 11.6 Å². The van der Waals surface area contributed by atoms with Gasteiger partial charge < -0.3 is 10.2 Å². The van der Waals surface area contributed by atoms with E-state index < -0.39 is 0 Å². The average Bonchev–Trinajstić information content (AvgIpc) is 2.54. The van der Waals surface area contributed by atoms with Gasteiger partial charge in [-0.15, -0.1) is 0 Å². The molecule has 4 heteroatoms. The van der Waals surface area contributed by atoms with Crippen LogP contribution >= 0.6 is 0 Å². The van der Waals surface area contributed by atoms with Gasteiger partial charge in [0, 0.05) is 12.7 Å². The summed E-state index contributed by atoms with van der Waals surface area (Å²) in [4.78, 5) is 14.6. The Bertz CT molecular complexity index is 510. The van der Waals surface area contributed by atoms with E-state index in [4.69, 9.17) is 5.26 Å². The summed E-state index contributed by atoms with van der Waals surface area (Å²) in [7, 11) is 1.82. The third-order valence-corrected chi connectivity index (χ3v) is 4.38. The molecule has 4 nitrogen and oxygen atoms in total. The quantitative estimate of drug-likeness (QED) is 0.917. The van der Waals surface area contributed by atoms with Gasteiger partial charge in [0.1, 0.15) is 0 Å². The van der Waals surface area contributed by atoms with E-state index in [1.807, 2.05) is 19.2 Å². The Kier molecular flexibility index (Phi) is 4.41. The van der Waals surface area contributed by atoms with Crippen LogP contribution < -0.4 is 10.2 Å². The second-order valence-electron chi connectivity index (χ2n) is 5.41. The highest BCUT2D eigenvalue weighted by molar-refractivity contribution is 5.97. The van der Waals surface area contributed by atoms with Crippen molar-refractivity contribution in [2.75, 3.05) is 25.0 Å². The first kappa shape index (κ1) is 14.5. The lowest BCUT2D eigenvalue weighted by Gasteiger charge is -2.38. The minimum Gasteiger partial charge on any atom is -0.317 e. The minimum absolute atomic E-state index is 0.186. The zero-order valence-electron chi connectivity index (χ0n) is 12.1. The topological polar surface area (TPSA) is 56.1 Å². The van der Waals surface area contributed by atoms with E-state index in [0.29, 0.717) is 5.56 Å². The molecular weight excluding hydrogens is 250 g/mol. The van der Waals surface area contributed by atoms with Gasteiger partial charge in [-0.25, -0.2) is 0 Å². The molecule has 0 atom stereocenters. The van der Waals surface area contributed by atoms with Crippen LogP contribution in [-0.2, 0) is 4.79 Å². The number of anilines is 1. The molecule has 106 valence electrons. The molecule has 0 aliphatic carbocycles. The summed E-state index contributed by atoms with van der Waals surface area (Å²) in [5.74, 6) is 0.186. The number of rotatable bonds is 3. The lowest BCUT2D eigenvalue weighted by atomic mass is 9.75. The Morgan fingerprint density at radius 2 is 1.95 bits per heavy atom. The van der Waals surface area contributed by atoms with Gasteiger partial charge in [0.15, 0.2) is 0 Å². The van der Waals surface area contributed by atoms with Crippen molar-refractivity contribution in [1.82, 2.24) is 5.32 Å². The van der Waals surface area contributed by atoms with Crippen LogP contribution in [0, 0.1) is 16.7 Å². The maximum absolute atomic E-state index is 12.8. The van der Waals surface area contributed by atoms with Crippen molar-refractivity contribution in [3.63, 3.8) is 0 Å². The maximum atomic E-state index is 12.8. The zero-order chi connectivity index (χ0) is 14.6. The molecule has 20 heavy (non-hydrogen) atoms.